The zero-order chi connectivity index (χ0) is 18.5. The van der Waals surface area contributed by atoms with Crippen molar-refractivity contribution in [3.8, 4) is 11.1 Å². The van der Waals surface area contributed by atoms with Gasteiger partial charge in [-0.2, -0.15) is 0 Å². The second-order valence-electron chi connectivity index (χ2n) is 5.61. The summed E-state index contributed by atoms with van der Waals surface area (Å²) < 4.78 is 19.7. The van der Waals surface area contributed by atoms with Crippen LogP contribution >= 0.6 is 0 Å². The molecule has 5 heteroatoms. The van der Waals surface area contributed by atoms with Gasteiger partial charge in [0.2, 0.25) is 0 Å². The van der Waals surface area contributed by atoms with Gasteiger partial charge in [-0.1, -0.05) is 54.6 Å². The van der Waals surface area contributed by atoms with Gasteiger partial charge in [0.1, 0.15) is 12.4 Å². The summed E-state index contributed by atoms with van der Waals surface area (Å²) in [5.41, 5.74) is 1.39. The van der Waals surface area contributed by atoms with Crippen molar-refractivity contribution >= 4 is 11.9 Å². The molecule has 26 heavy (non-hydrogen) atoms. The summed E-state index contributed by atoms with van der Waals surface area (Å²) in [5, 5.41) is 8.95. The van der Waals surface area contributed by atoms with Gasteiger partial charge in [-0.05, 0) is 29.3 Å². The molecule has 4 nitrogen and oxygen atoms in total. The summed E-state index contributed by atoms with van der Waals surface area (Å²) >= 11 is 0. The summed E-state index contributed by atoms with van der Waals surface area (Å²) in [4.78, 5) is 23.4. The van der Waals surface area contributed by atoms with E-state index >= 15 is 0 Å². The van der Waals surface area contributed by atoms with Gasteiger partial charge in [-0.3, -0.25) is 0 Å². The standard InChI is InChI=1S/C21H15FO4/c22-19-12-15(20(23)24)10-11-17(19)16-8-4-5-9-18(16)21(25)26-13-14-6-2-1-3-7-14/h1-12H,13H2,(H,23,24). The first-order valence-electron chi connectivity index (χ1n) is 7.89. The third-order valence-corrected chi connectivity index (χ3v) is 3.87. The molecule has 0 aliphatic rings. The maximum atomic E-state index is 14.4. The van der Waals surface area contributed by atoms with Gasteiger partial charge in [0.05, 0.1) is 11.1 Å². The van der Waals surface area contributed by atoms with E-state index in [1.165, 1.54) is 12.1 Å². The van der Waals surface area contributed by atoms with E-state index < -0.39 is 17.8 Å². The first kappa shape index (κ1) is 17.4. The number of halogens is 1. The monoisotopic (exact) mass is 350 g/mol. The van der Waals surface area contributed by atoms with E-state index in [2.05, 4.69) is 0 Å². The molecule has 3 rings (SSSR count). The Balaban J connectivity index is 1.88. The number of carbonyl (C=O) groups is 2. The fourth-order valence-electron chi connectivity index (χ4n) is 2.56. The van der Waals surface area contributed by atoms with Gasteiger partial charge >= 0.3 is 11.9 Å². The van der Waals surface area contributed by atoms with Gasteiger partial charge in [-0.15, -0.1) is 0 Å². The number of aromatic carboxylic acids is 1. The third-order valence-electron chi connectivity index (χ3n) is 3.87. The topological polar surface area (TPSA) is 63.6 Å². The van der Waals surface area contributed by atoms with Crippen molar-refractivity contribution in [2.24, 2.45) is 0 Å². The lowest BCUT2D eigenvalue weighted by molar-refractivity contribution is 0.0473. The second kappa shape index (κ2) is 7.61. The molecule has 0 aromatic heterocycles. The number of hydrogen-bond donors (Lipinski definition) is 1. The number of carbonyl (C=O) groups excluding carboxylic acids is 1. The van der Waals surface area contributed by atoms with Crippen molar-refractivity contribution in [1.29, 1.82) is 0 Å². The van der Waals surface area contributed by atoms with Gasteiger partial charge in [0, 0.05) is 5.56 Å². The van der Waals surface area contributed by atoms with E-state index in [1.807, 2.05) is 30.3 Å². The lowest BCUT2D eigenvalue weighted by Gasteiger charge is -2.11. The molecule has 0 radical (unpaired) electrons. The minimum absolute atomic E-state index is 0.106. The first-order chi connectivity index (χ1) is 12.6. The Labute approximate surface area is 149 Å². The molecule has 0 spiro atoms. The molecule has 0 heterocycles. The molecular weight excluding hydrogens is 335 g/mol. The zero-order valence-corrected chi connectivity index (χ0v) is 13.7. The van der Waals surface area contributed by atoms with E-state index in [-0.39, 0.29) is 23.3 Å². The summed E-state index contributed by atoms with van der Waals surface area (Å²) in [7, 11) is 0. The highest BCUT2D eigenvalue weighted by Crippen LogP contribution is 2.28. The Bertz CT molecular complexity index is 951. The smallest absolute Gasteiger partial charge is 0.339 e. The van der Waals surface area contributed by atoms with Crippen molar-refractivity contribution in [3.05, 3.63) is 95.3 Å². The number of hydrogen-bond acceptors (Lipinski definition) is 3. The Morgan fingerprint density at radius 1 is 0.885 bits per heavy atom. The van der Waals surface area contributed by atoms with E-state index in [1.54, 1.807) is 24.3 Å². The minimum atomic E-state index is -1.22. The minimum Gasteiger partial charge on any atom is -0.478 e. The number of rotatable bonds is 5. The normalized spacial score (nSPS) is 10.3. The van der Waals surface area contributed by atoms with Crippen molar-refractivity contribution in [1.82, 2.24) is 0 Å². The number of esters is 1. The van der Waals surface area contributed by atoms with Crippen LogP contribution in [0.4, 0.5) is 4.39 Å². The number of carboxylic acids is 1. The quantitative estimate of drug-likeness (QED) is 0.686. The van der Waals surface area contributed by atoms with Crippen LogP contribution in [0.15, 0.2) is 72.8 Å². The van der Waals surface area contributed by atoms with Crippen LogP contribution in [0.1, 0.15) is 26.3 Å². The maximum Gasteiger partial charge on any atom is 0.339 e. The van der Waals surface area contributed by atoms with Gasteiger partial charge in [-0.25, -0.2) is 14.0 Å². The van der Waals surface area contributed by atoms with Gasteiger partial charge < -0.3 is 9.84 Å². The zero-order valence-electron chi connectivity index (χ0n) is 13.7. The van der Waals surface area contributed by atoms with Crippen LogP contribution in [0.3, 0.4) is 0 Å². The predicted molar refractivity (Wildman–Crippen MR) is 94.4 cm³/mol. The van der Waals surface area contributed by atoms with Crippen molar-refractivity contribution in [2.75, 3.05) is 0 Å². The average molecular weight is 350 g/mol. The fourth-order valence-corrected chi connectivity index (χ4v) is 2.56. The Morgan fingerprint density at radius 3 is 2.27 bits per heavy atom. The van der Waals surface area contributed by atoms with E-state index in [4.69, 9.17) is 9.84 Å². The Morgan fingerprint density at radius 2 is 1.58 bits per heavy atom. The SMILES string of the molecule is O=C(O)c1ccc(-c2ccccc2C(=O)OCc2ccccc2)c(F)c1. The summed E-state index contributed by atoms with van der Waals surface area (Å²) in [6.07, 6.45) is 0. The van der Waals surface area contributed by atoms with Crippen molar-refractivity contribution in [3.63, 3.8) is 0 Å². The molecule has 0 aliphatic heterocycles. The second-order valence-corrected chi connectivity index (χ2v) is 5.61. The van der Waals surface area contributed by atoms with Crippen LogP contribution in [-0.4, -0.2) is 17.0 Å². The van der Waals surface area contributed by atoms with E-state index in [9.17, 15) is 14.0 Å². The van der Waals surface area contributed by atoms with Crippen molar-refractivity contribution < 1.29 is 23.8 Å². The van der Waals surface area contributed by atoms with Crippen molar-refractivity contribution in [2.45, 2.75) is 6.61 Å². The molecule has 0 saturated carbocycles. The van der Waals surface area contributed by atoms with Crippen LogP contribution in [0, 0.1) is 5.82 Å². The third kappa shape index (κ3) is 3.78. The molecule has 1 N–H and O–H groups in total. The molecule has 3 aromatic rings. The summed E-state index contributed by atoms with van der Waals surface area (Å²) in [6, 6.07) is 19.3. The molecule has 0 atom stereocenters. The number of carboxylic acid groups (broad SMARTS) is 1. The lowest BCUT2D eigenvalue weighted by atomic mass is 9.98. The molecule has 0 amide bonds. The molecule has 0 bridgehead atoms. The Hall–Kier alpha value is -3.47. The number of benzene rings is 3. The Kier molecular flexibility index (Phi) is 5.08. The highest BCUT2D eigenvalue weighted by Gasteiger charge is 2.17. The van der Waals surface area contributed by atoms with Crippen LogP contribution in [0.25, 0.3) is 11.1 Å². The van der Waals surface area contributed by atoms with Crippen LogP contribution in [-0.2, 0) is 11.3 Å². The van der Waals surface area contributed by atoms with Gasteiger partial charge in [0.15, 0.2) is 0 Å². The summed E-state index contributed by atoms with van der Waals surface area (Å²) in [6.45, 7) is 0.106. The number of ether oxygens (including phenoxy) is 1. The van der Waals surface area contributed by atoms with Crippen LogP contribution < -0.4 is 0 Å². The summed E-state index contributed by atoms with van der Waals surface area (Å²) in [5.74, 6) is -2.51. The largest absolute Gasteiger partial charge is 0.478 e. The highest BCUT2D eigenvalue weighted by atomic mass is 19.1. The highest BCUT2D eigenvalue weighted by molar-refractivity contribution is 5.97. The molecule has 0 fully saturated rings. The fraction of sp³-hybridized carbons (Fsp3) is 0.0476. The molecule has 0 unspecified atom stereocenters. The average Bonchev–Trinajstić information content (AvgIpc) is 2.67. The van der Waals surface area contributed by atoms with E-state index in [0.717, 1.165) is 11.6 Å². The molecule has 3 aromatic carbocycles. The van der Waals surface area contributed by atoms with Gasteiger partial charge in [0.25, 0.3) is 0 Å². The molecule has 130 valence electrons. The molecule has 0 aliphatic carbocycles. The maximum absolute atomic E-state index is 14.4. The first-order valence-corrected chi connectivity index (χ1v) is 7.89. The molecular formula is C21H15FO4. The van der Waals surface area contributed by atoms with E-state index in [0.29, 0.717) is 5.56 Å². The van der Waals surface area contributed by atoms with Crippen LogP contribution in [0.5, 0.6) is 0 Å². The lowest BCUT2D eigenvalue weighted by Crippen LogP contribution is -2.07. The van der Waals surface area contributed by atoms with Crippen LogP contribution in [0.2, 0.25) is 0 Å². The molecule has 0 saturated heterocycles. The predicted octanol–water partition coefficient (Wildman–Crippen LogP) is 4.55.